The van der Waals surface area contributed by atoms with Crippen LogP contribution in [0.15, 0.2) is 16.6 Å². The Hall–Kier alpha value is -1.03. The summed E-state index contributed by atoms with van der Waals surface area (Å²) in [5, 5.41) is 5.47. The predicted molar refractivity (Wildman–Crippen MR) is 62.3 cm³/mol. The largest absolute Gasteiger partial charge is 0.383 e. The zero-order valence-electron chi connectivity index (χ0n) is 8.21. The molecule has 0 unspecified atom stereocenters. The van der Waals surface area contributed by atoms with Crippen molar-refractivity contribution in [2.75, 3.05) is 5.73 Å². The molecule has 74 valence electrons. The molecule has 0 radical (unpaired) electrons. The van der Waals surface area contributed by atoms with Crippen molar-refractivity contribution in [2.45, 2.75) is 20.4 Å². The first kappa shape index (κ1) is 9.52. The van der Waals surface area contributed by atoms with E-state index in [0.717, 1.165) is 33.3 Å². The van der Waals surface area contributed by atoms with Crippen LogP contribution in [0.4, 0.5) is 5.82 Å². The van der Waals surface area contributed by atoms with Crippen LogP contribution in [0.1, 0.15) is 12.5 Å². The van der Waals surface area contributed by atoms with Crippen LogP contribution in [0.2, 0.25) is 0 Å². The molecular weight excluding hydrogens is 242 g/mol. The van der Waals surface area contributed by atoms with E-state index < -0.39 is 0 Å². The number of nitrogens with two attached hydrogens (primary N) is 1. The number of rotatable bonds is 1. The fourth-order valence-corrected chi connectivity index (χ4v) is 2.19. The van der Waals surface area contributed by atoms with Gasteiger partial charge in [0.25, 0.3) is 0 Å². The van der Waals surface area contributed by atoms with Crippen molar-refractivity contribution in [3.8, 4) is 0 Å². The summed E-state index contributed by atoms with van der Waals surface area (Å²) < 4.78 is 2.87. The number of hydrogen-bond acceptors (Lipinski definition) is 2. The number of anilines is 1. The average Bonchev–Trinajstić information content (AvgIpc) is 2.44. The summed E-state index contributed by atoms with van der Waals surface area (Å²) in [5.74, 6) is 0.743. The van der Waals surface area contributed by atoms with Gasteiger partial charge in [-0.2, -0.15) is 5.10 Å². The lowest BCUT2D eigenvalue weighted by Crippen LogP contribution is -2.01. The van der Waals surface area contributed by atoms with Gasteiger partial charge >= 0.3 is 0 Å². The fraction of sp³-hybridized carbons (Fsp3) is 0.300. The van der Waals surface area contributed by atoms with Gasteiger partial charge in [-0.3, -0.25) is 0 Å². The molecule has 0 saturated carbocycles. The Balaban J connectivity index is 2.85. The van der Waals surface area contributed by atoms with Crippen LogP contribution in [0.3, 0.4) is 0 Å². The highest BCUT2D eigenvalue weighted by Gasteiger charge is 2.09. The third-order valence-corrected chi connectivity index (χ3v) is 2.80. The SMILES string of the molecule is CCn1nc2c(C)cc(Br)cc2c1N. The Bertz CT molecular complexity index is 488. The maximum absolute atomic E-state index is 5.97. The molecule has 4 heteroatoms. The Morgan fingerprint density at radius 2 is 2.21 bits per heavy atom. The molecular formula is C10H12BrN3. The van der Waals surface area contributed by atoms with Gasteiger partial charge in [-0.1, -0.05) is 15.9 Å². The Morgan fingerprint density at radius 1 is 1.50 bits per heavy atom. The maximum Gasteiger partial charge on any atom is 0.129 e. The molecule has 3 nitrogen and oxygen atoms in total. The number of halogens is 1. The number of aryl methyl sites for hydroxylation is 2. The van der Waals surface area contributed by atoms with Gasteiger partial charge in [-0.25, -0.2) is 4.68 Å². The van der Waals surface area contributed by atoms with Gasteiger partial charge in [0.1, 0.15) is 5.82 Å². The van der Waals surface area contributed by atoms with E-state index in [4.69, 9.17) is 5.73 Å². The van der Waals surface area contributed by atoms with Crippen LogP contribution in [0.25, 0.3) is 10.9 Å². The zero-order chi connectivity index (χ0) is 10.3. The molecule has 0 atom stereocenters. The van der Waals surface area contributed by atoms with E-state index in [2.05, 4.69) is 27.1 Å². The molecule has 1 aromatic carbocycles. The summed E-state index contributed by atoms with van der Waals surface area (Å²) in [5.41, 5.74) is 8.11. The van der Waals surface area contributed by atoms with Crippen LogP contribution in [-0.4, -0.2) is 9.78 Å². The van der Waals surface area contributed by atoms with Gasteiger partial charge < -0.3 is 5.73 Å². The Morgan fingerprint density at radius 3 is 2.86 bits per heavy atom. The van der Waals surface area contributed by atoms with E-state index in [0.29, 0.717) is 0 Å². The summed E-state index contributed by atoms with van der Waals surface area (Å²) in [6.45, 7) is 4.88. The minimum absolute atomic E-state index is 0.743. The maximum atomic E-state index is 5.97. The van der Waals surface area contributed by atoms with E-state index in [-0.39, 0.29) is 0 Å². The predicted octanol–water partition coefficient (Wildman–Crippen LogP) is 2.71. The van der Waals surface area contributed by atoms with E-state index in [1.165, 1.54) is 0 Å². The van der Waals surface area contributed by atoms with Crippen molar-refractivity contribution < 1.29 is 0 Å². The minimum Gasteiger partial charge on any atom is -0.383 e. The van der Waals surface area contributed by atoms with Gasteiger partial charge in [0.05, 0.1) is 5.52 Å². The molecule has 1 heterocycles. The second-order valence-electron chi connectivity index (χ2n) is 3.32. The quantitative estimate of drug-likeness (QED) is 0.850. The molecule has 0 amide bonds. The van der Waals surface area contributed by atoms with Crippen LogP contribution in [0, 0.1) is 6.92 Å². The van der Waals surface area contributed by atoms with E-state index in [1.54, 1.807) is 0 Å². The third kappa shape index (κ3) is 1.30. The molecule has 2 rings (SSSR count). The van der Waals surface area contributed by atoms with E-state index in [1.807, 2.05) is 24.6 Å². The normalized spacial score (nSPS) is 11.1. The summed E-state index contributed by atoms with van der Waals surface area (Å²) in [7, 11) is 0. The number of aromatic nitrogens is 2. The molecule has 0 saturated heterocycles. The van der Waals surface area contributed by atoms with Gasteiger partial charge in [0, 0.05) is 16.4 Å². The first-order chi connectivity index (χ1) is 6.63. The average molecular weight is 254 g/mol. The number of nitrogen functional groups attached to an aromatic ring is 1. The second-order valence-corrected chi connectivity index (χ2v) is 4.24. The van der Waals surface area contributed by atoms with Crippen molar-refractivity contribution in [1.82, 2.24) is 9.78 Å². The highest BCUT2D eigenvalue weighted by Crippen LogP contribution is 2.27. The molecule has 0 fully saturated rings. The summed E-state index contributed by atoms with van der Waals surface area (Å²) in [4.78, 5) is 0. The zero-order valence-corrected chi connectivity index (χ0v) is 9.80. The van der Waals surface area contributed by atoms with E-state index in [9.17, 15) is 0 Å². The van der Waals surface area contributed by atoms with Crippen LogP contribution in [-0.2, 0) is 6.54 Å². The van der Waals surface area contributed by atoms with Crippen LogP contribution < -0.4 is 5.73 Å². The number of nitrogens with zero attached hydrogens (tertiary/aromatic N) is 2. The lowest BCUT2D eigenvalue weighted by molar-refractivity contribution is 0.677. The lowest BCUT2D eigenvalue weighted by atomic mass is 10.1. The summed E-state index contributed by atoms with van der Waals surface area (Å²) in [6.07, 6.45) is 0. The van der Waals surface area contributed by atoms with Crippen molar-refractivity contribution in [3.63, 3.8) is 0 Å². The molecule has 0 aliphatic heterocycles. The number of hydrogen-bond donors (Lipinski definition) is 1. The molecule has 2 N–H and O–H groups in total. The lowest BCUT2D eigenvalue weighted by Gasteiger charge is -1.97. The van der Waals surface area contributed by atoms with Crippen LogP contribution in [0.5, 0.6) is 0 Å². The monoisotopic (exact) mass is 253 g/mol. The van der Waals surface area contributed by atoms with Crippen molar-refractivity contribution in [2.24, 2.45) is 0 Å². The van der Waals surface area contributed by atoms with Gasteiger partial charge in [0.15, 0.2) is 0 Å². The Labute approximate surface area is 91.0 Å². The van der Waals surface area contributed by atoms with Crippen LogP contribution >= 0.6 is 15.9 Å². The summed E-state index contributed by atoms with van der Waals surface area (Å²) in [6, 6.07) is 4.06. The Kier molecular flexibility index (Phi) is 2.23. The van der Waals surface area contributed by atoms with Gasteiger partial charge in [0.2, 0.25) is 0 Å². The topological polar surface area (TPSA) is 43.8 Å². The summed E-state index contributed by atoms with van der Waals surface area (Å²) >= 11 is 3.46. The fourth-order valence-electron chi connectivity index (χ4n) is 1.62. The van der Waals surface area contributed by atoms with Crippen molar-refractivity contribution >= 4 is 32.7 Å². The molecule has 2 aromatic rings. The molecule has 0 aliphatic carbocycles. The smallest absolute Gasteiger partial charge is 0.129 e. The first-order valence-corrected chi connectivity index (χ1v) is 5.35. The minimum atomic E-state index is 0.743. The van der Waals surface area contributed by atoms with E-state index >= 15 is 0 Å². The van der Waals surface area contributed by atoms with Gasteiger partial charge in [-0.15, -0.1) is 0 Å². The molecule has 0 bridgehead atoms. The third-order valence-electron chi connectivity index (χ3n) is 2.34. The molecule has 0 spiro atoms. The highest BCUT2D eigenvalue weighted by atomic mass is 79.9. The number of fused-ring (bicyclic) bond motifs is 1. The molecule has 1 aromatic heterocycles. The molecule has 14 heavy (non-hydrogen) atoms. The molecule has 0 aliphatic rings. The number of benzene rings is 1. The standard InChI is InChI=1S/C10H12BrN3/c1-3-14-10(12)8-5-7(11)4-6(2)9(8)13-14/h4-5H,3,12H2,1-2H3. The first-order valence-electron chi connectivity index (χ1n) is 4.55. The second kappa shape index (κ2) is 3.28. The van der Waals surface area contributed by atoms with Crippen molar-refractivity contribution in [3.05, 3.63) is 22.2 Å². The van der Waals surface area contributed by atoms with Gasteiger partial charge in [-0.05, 0) is 31.5 Å². The van der Waals surface area contributed by atoms with Crippen molar-refractivity contribution in [1.29, 1.82) is 0 Å². The highest BCUT2D eigenvalue weighted by molar-refractivity contribution is 9.10.